The van der Waals surface area contributed by atoms with Crippen molar-refractivity contribution in [3.05, 3.63) is 42.2 Å². The topological polar surface area (TPSA) is 104 Å². The fourth-order valence-electron chi connectivity index (χ4n) is 3.48. The van der Waals surface area contributed by atoms with Crippen molar-refractivity contribution in [2.75, 3.05) is 0 Å². The molecule has 0 radical (unpaired) electrons. The van der Waals surface area contributed by atoms with Crippen molar-refractivity contribution >= 4 is 10.9 Å². The summed E-state index contributed by atoms with van der Waals surface area (Å²) in [6.45, 7) is 1.56. The Balaban J connectivity index is 1.82. The summed E-state index contributed by atoms with van der Waals surface area (Å²) in [7, 11) is 0. The third-order valence-corrected chi connectivity index (χ3v) is 5.00. The lowest BCUT2D eigenvalue weighted by atomic mass is 9.99. The number of rotatable bonds is 2. The summed E-state index contributed by atoms with van der Waals surface area (Å²) in [4.78, 5) is 0. The summed E-state index contributed by atoms with van der Waals surface area (Å²) < 4.78 is 46.0. The highest BCUT2D eigenvalue weighted by Gasteiger charge is 2.43. The molecular formula is C18H18F3N3O4. The minimum absolute atomic E-state index is 0.0844. The second kappa shape index (κ2) is 6.59. The summed E-state index contributed by atoms with van der Waals surface area (Å²) in [6.07, 6.45) is -8.94. The number of halogens is 3. The van der Waals surface area contributed by atoms with Crippen molar-refractivity contribution in [1.29, 1.82) is 0 Å². The van der Waals surface area contributed by atoms with E-state index in [9.17, 15) is 28.5 Å². The van der Waals surface area contributed by atoms with Crippen LogP contribution in [0.15, 0.2) is 36.5 Å². The third kappa shape index (κ3) is 2.98. The van der Waals surface area contributed by atoms with E-state index in [1.807, 2.05) is 5.10 Å². The van der Waals surface area contributed by atoms with E-state index in [1.54, 1.807) is 31.2 Å². The summed E-state index contributed by atoms with van der Waals surface area (Å²) in [6, 6.07) is 7.80. The largest absolute Gasteiger partial charge is 0.432 e. The molecule has 0 unspecified atom stereocenters. The maximum atomic E-state index is 12.9. The van der Waals surface area contributed by atoms with E-state index < -0.39 is 42.5 Å². The second-order valence-electron chi connectivity index (χ2n) is 6.84. The number of ether oxygens (including phenoxy) is 1. The number of aromatic nitrogens is 3. The molecule has 1 aromatic carbocycles. The number of benzene rings is 1. The van der Waals surface area contributed by atoms with Gasteiger partial charge in [-0.3, -0.25) is 5.10 Å². The number of hydrogen-bond acceptors (Lipinski definition) is 5. The second-order valence-corrected chi connectivity index (χ2v) is 6.84. The fraction of sp³-hybridized carbons (Fsp3) is 0.389. The first-order valence-electron chi connectivity index (χ1n) is 8.60. The number of hydrogen-bond donors (Lipinski definition) is 4. The van der Waals surface area contributed by atoms with Gasteiger partial charge in [0.25, 0.3) is 0 Å². The van der Waals surface area contributed by atoms with Gasteiger partial charge >= 0.3 is 6.18 Å². The van der Waals surface area contributed by atoms with Crippen LogP contribution in [0.2, 0.25) is 0 Å². The molecule has 0 spiro atoms. The molecule has 2 aromatic heterocycles. The molecule has 0 amide bonds. The Morgan fingerprint density at radius 2 is 1.82 bits per heavy atom. The van der Waals surface area contributed by atoms with Gasteiger partial charge in [-0.2, -0.15) is 18.3 Å². The standard InChI is InChI=1S/C18H18F3N3O4/c1-8-14(25)15(26)16(27)17(28-8)24-7-10(9-4-2-3-5-12(9)24)11-6-13(23-22-11)18(19,20)21/h2-8,14-17,25-27H,1H3,(H,22,23)/t8-,14-,15+,16+,17+/m0/s1. The Morgan fingerprint density at radius 1 is 1.11 bits per heavy atom. The third-order valence-electron chi connectivity index (χ3n) is 5.00. The first-order valence-corrected chi connectivity index (χ1v) is 8.60. The molecule has 1 fully saturated rings. The van der Waals surface area contributed by atoms with E-state index in [0.29, 0.717) is 16.5 Å². The lowest BCUT2D eigenvalue weighted by Crippen LogP contribution is -2.54. The molecule has 150 valence electrons. The van der Waals surface area contributed by atoms with Gasteiger partial charge in [0, 0.05) is 17.1 Å². The van der Waals surface area contributed by atoms with Gasteiger partial charge in [0.2, 0.25) is 0 Å². The Hall–Kier alpha value is -2.40. The van der Waals surface area contributed by atoms with Crippen molar-refractivity contribution in [3.63, 3.8) is 0 Å². The molecule has 28 heavy (non-hydrogen) atoms. The van der Waals surface area contributed by atoms with Crippen molar-refractivity contribution in [2.24, 2.45) is 0 Å². The van der Waals surface area contributed by atoms with Crippen LogP contribution < -0.4 is 0 Å². The average Bonchev–Trinajstić information content (AvgIpc) is 3.28. The molecule has 0 saturated carbocycles. The lowest BCUT2D eigenvalue weighted by molar-refractivity contribution is -0.239. The van der Waals surface area contributed by atoms with E-state index >= 15 is 0 Å². The van der Waals surface area contributed by atoms with Crippen LogP contribution in [0.4, 0.5) is 13.2 Å². The first kappa shape index (κ1) is 18.9. The molecule has 3 heterocycles. The Morgan fingerprint density at radius 3 is 2.50 bits per heavy atom. The van der Waals surface area contributed by atoms with Crippen LogP contribution in [0.25, 0.3) is 22.2 Å². The van der Waals surface area contributed by atoms with Crippen LogP contribution in [0.5, 0.6) is 0 Å². The minimum Gasteiger partial charge on any atom is -0.388 e. The van der Waals surface area contributed by atoms with Crippen molar-refractivity contribution in [1.82, 2.24) is 14.8 Å². The first-order chi connectivity index (χ1) is 13.2. The minimum atomic E-state index is -4.55. The Labute approximate surface area is 157 Å². The van der Waals surface area contributed by atoms with Crippen LogP contribution in [0.3, 0.4) is 0 Å². The molecule has 5 atom stereocenters. The molecule has 1 aliphatic heterocycles. The molecule has 7 nitrogen and oxygen atoms in total. The molecule has 0 bridgehead atoms. The number of aliphatic hydroxyl groups is 3. The molecule has 0 aliphatic carbocycles. The van der Waals surface area contributed by atoms with Gasteiger partial charge in [-0.15, -0.1) is 0 Å². The molecule has 4 rings (SSSR count). The molecule has 4 N–H and O–H groups in total. The number of alkyl halides is 3. The molecule has 1 saturated heterocycles. The quantitative estimate of drug-likeness (QED) is 0.530. The monoisotopic (exact) mass is 397 g/mol. The summed E-state index contributed by atoms with van der Waals surface area (Å²) in [5, 5.41) is 36.8. The maximum absolute atomic E-state index is 12.9. The van der Waals surface area contributed by atoms with E-state index in [-0.39, 0.29) is 5.69 Å². The Kier molecular flexibility index (Phi) is 4.46. The number of aromatic amines is 1. The zero-order valence-corrected chi connectivity index (χ0v) is 14.6. The van der Waals surface area contributed by atoms with Crippen LogP contribution in [-0.4, -0.2) is 54.5 Å². The van der Waals surface area contributed by atoms with Gasteiger partial charge in [0.15, 0.2) is 6.23 Å². The summed E-state index contributed by atoms with van der Waals surface area (Å²) in [5.41, 5.74) is 0.0990. The van der Waals surface area contributed by atoms with E-state index in [4.69, 9.17) is 4.74 Å². The summed E-state index contributed by atoms with van der Waals surface area (Å²) >= 11 is 0. The molecule has 10 heteroatoms. The van der Waals surface area contributed by atoms with Gasteiger partial charge in [0.05, 0.1) is 17.3 Å². The van der Waals surface area contributed by atoms with E-state index in [0.717, 1.165) is 6.07 Å². The van der Waals surface area contributed by atoms with Crippen LogP contribution in [-0.2, 0) is 10.9 Å². The van der Waals surface area contributed by atoms with Crippen LogP contribution >= 0.6 is 0 Å². The predicted molar refractivity (Wildman–Crippen MR) is 92.1 cm³/mol. The van der Waals surface area contributed by atoms with Crippen molar-refractivity contribution in [3.8, 4) is 11.3 Å². The van der Waals surface area contributed by atoms with Crippen molar-refractivity contribution in [2.45, 2.75) is 43.7 Å². The average molecular weight is 397 g/mol. The predicted octanol–water partition coefficient (Wildman–Crippen LogP) is 2.05. The molecule has 3 aromatic rings. The Bertz CT molecular complexity index is 1000. The number of nitrogens with zero attached hydrogens (tertiary/aromatic N) is 2. The zero-order valence-electron chi connectivity index (χ0n) is 14.6. The molecule has 1 aliphatic rings. The van der Waals surface area contributed by atoms with Gasteiger partial charge in [-0.1, -0.05) is 18.2 Å². The number of nitrogens with one attached hydrogen (secondary N) is 1. The highest BCUT2D eigenvalue weighted by atomic mass is 19.4. The maximum Gasteiger partial charge on any atom is 0.432 e. The number of para-hydroxylation sites is 1. The highest BCUT2D eigenvalue weighted by molar-refractivity contribution is 5.95. The SMILES string of the molecule is C[C@@H]1O[C@@H](n2cc(-c3cc(C(F)(F)F)[nH]n3)c3ccccc32)[C@H](O)[C@H](O)[C@H]1O. The number of H-pyrrole nitrogens is 1. The number of fused-ring (bicyclic) bond motifs is 1. The highest BCUT2D eigenvalue weighted by Crippen LogP contribution is 2.37. The van der Waals surface area contributed by atoms with Crippen LogP contribution in [0, 0.1) is 0 Å². The van der Waals surface area contributed by atoms with E-state index in [2.05, 4.69) is 5.10 Å². The number of aliphatic hydroxyl groups excluding tert-OH is 3. The fourth-order valence-corrected chi connectivity index (χ4v) is 3.48. The van der Waals surface area contributed by atoms with Gasteiger partial charge in [-0.25, -0.2) is 0 Å². The van der Waals surface area contributed by atoms with Crippen molar-refractivity contribution < 1.29 is 33.2 Å². The van der Waals surface area contributed by atoms with Gasteiger partial charge < -0.3 is 24.6 Å². The molecular weight excluding hydrogens is 379 g/mol. The van der Waals surface area contributed by atoms with Crippen LogP contribution in [0.1, 0.15) is 18.8 Å². The normalized spacial score (nSPS) is 28.8. The zero-order chi connectivity index (χ0) is 20.2. The lowest BCUT2D eigenvalue weighted by Gasteiger charge is -2.40. The smallest absolute Gasteiger partial charge is 0.388 e. The van der Waals surface area contributed by atoms with Gasteiger partial charge in [-0.05, 0) is 19.1 Å². The summed E-state index contributed by atoms with van der Waals surface area (Å²) in [5.74, 6) is 0. The van der Waals surface area contributed by atoms with Gasteiger partial charge in [0.1, 0.15) is 24.0 Å². The van der Waals surface area contributed by atoms with E-state index in [1.165, 1.54) is 10.8 Å².